The van der Waals surface area contributed by atoms with Crippen molar-refractivity contribution >= 4 is 8.58 Å². The second-order valence-corrected chi connectivity index (χ2v) is 7.88. The van der Waals surface area contributed by atoms with Crippen molar-refractivity contribution in [1.82, 2.24) is 0 Å². The Hall–Kier alpha value is -0.550. The van der Waals surface area contributed by atoms with Gasteiger partial charge in [0.1, 0.15) is 5.75 Å². The van der Waals surface area contributed by atoms with Gasteiger partial charge in [-0.25, -0.2) is 0 Å². The van der Waals surface area contributed by atoms with Crippen LogP contribution in [0.25, 0.3) is 0 Å². The van der Waals surface area contributed by atoms with E-state index < -0.39 is 0 Å². The minimum Gasteiger partial charge on any atom is -0.508 e. The quantitative estimate of drug-likeness (QED) is 0.265. The third-order valence-corrected chi connectivity index (χ3v) is 5.36. The molecule has 0 amide bonds. The molecule has 0 saturated carbocycles. The fourth-order valence-electron chi connectivity index (χ4n) is 2.55. The fraction of sp³-hybridized carbons (Fsp3) is 0.727. The van der Waals surface area contributed by atoms with Gasteiger partial charge in [-0.2, -0.15) is 0 Å². The van der Waals surface area contributed by atoms with Crippen LogP contribution in [0.2, 0.25) is 0 Å². The van der Waals surface area contributed by atoms with Crippen molar-refractivity contribution in [2.75, 3.05) is 12.3 Å². The van der Waals surface area contributed by atoms with Crippen molar-refractivity contribution in [3.8, 4) is 5.75 Å². The zero-order valence-corrected chi connectivity index (χ0v) is 17.1. The molecule has 1 aromatic rings. The molecule has 2 heteroatoms. The van der Waals surface area contributed by atoms with Crippen LogP contribution in [0.4, 0.5) is 0 Å². The number of aromatic hydroxyl groups is 1. The molecule has 0 atom stereocenters. The Morgan fingerprint density at radius 1 is 0.625 bits per heavy atom. The van der Waals surface area contributed by atoms with Gasteiger partial charge in [0.25, 0.3) is 0 Å². The first-order chi connectivity index (χ1) is 11.8. The Kier molecular flexibility index (Phi) is 20.0. The molecule has 1 radical (unpaired) electrons. The first-order valence-electron chi connectivity index (χ1n) is 10.2. The van der Waals surface area contributed by atoms with E-state index in [-0.39, 0.29) is 0 Å². The Balaban J connectivity index is 0.000000620. The monoisotopic (exact) mass is 351 g/mol. The summed E-state index contributed by atoms with van der Waals surface area (Å²) in [7, 11) is 1.72. The summed E-state index contributed by atoms with van der Waals surface area (Å²) >= 11 is 0. The van der Waals surface area contributed by atoms with Crippen LogP contribution in [-0.4, -0.2) is 17.4 Å². The number of para-hydroxylation sites is 1. The minimum absolute atomic E-state index is 0.322. The Bertz CT molecular complexity index is 312. The molecule has 1 aromatic carbocycles. The highest BCUT2D eigenvalue weighted by atomic mass is 31.1. The van der Waals surface area contributed by atoms with Crippen LogP contribution in [0.1, 0.15) is 90.9 Å². The average molecular weight is 352 g/mol. The normalized spacial score (nSPS) is 10.2. The third kappa shape index (κ3) is 19.5. The van der Waals surface area contributed by atoms with E-state index in [1.807, 2.05) is 6.07 Å². The van der Waals surface area contributed by atoms with Gasteiger partial charge in [0.2, 0.25) is 0 Å². The van der Waals surface area contributed by atoms with Gasteiger partial charge in [-0.1, -0.05) is 105 Å². The number of unbranched alkanes of at least 4 members (excludes halogenated alkanes) is 10. The van der Waals surface area contributed by atoms with Crippen molar-refractivity contribution < 1.29 is 5.11 Å². The van der Waals surface area contributed by atoms with Crippen LogP contribution in [-0.2, 0) is 0 Å². The van der Waals surface area contributed by atoms with Gasteiger partial charge in [0.05, 0.1) is 0 Å². The molecule has 0 saturated heterocycles. The van der Waals surface area contributed by atoms with Crippen LogP contribution >= 0.6 is 8.58 Å². The van der Waals surface area contributed by atoms with Crippen molar-refractivity contribution in [1.29, 1.82) is 0 Å². The number of hydrogen-bond donors (Lipinski definition) is 1. The summed E-state index contributed by atoms with van der Waals surface area (Å²) in [6.07, 6.45) is 20.3. The lowest BCUT2D eigenvalue weighted by Crippen LogP contribution is -1.84. The highest BCUT2D eigenvalue weighted by molar-refractivity contribution is 7.37. The second kappa shape index (κ2) is 20.5. The molecule has 0 bridgehead atoms. The molecule has 0 aliphatic carbocycles. The fourth-order valence-corrected chi connectivity index (χ4v) is 3.67. The maximum absolute atomic E-state index is 8.63. The van der Waals surface area contributed by atoms with E-state index in [1.54, 1.807) is 32.8 Å². The maximum atomic E-state index is 8.63. The lowest BCUT2D eigenvalue weighted by Gasteiger charge is -2.02. The number of rotatable bonds is 14. The van der Waals surface area contributed by atoms with Crippen LogP contribution in [0.5, 0.6) is 5.75 Å². The third-order valence-electron chi connectivity index (χ3n) is 4.10. The summed E-state index contributed by atoms with van der Waals surface area (Å²) in [5, 5.41) is 8.63. The highest BCUT2D eigenvalue weighted by Gasteiger charge is 1.93. The lowest BCUT2D eigenvalue weighted by molar-refractivity contribution is 0.475. The Morgan fingerprint density at radius 3 is 1.42 bits per heavy atom. The number of hydrogen-bond acceptors (Lipinski definition) is 1. The molecule has 1 nitrogen and oxygen atoms in total. The highest BCUT2D eigenvalue weighted by Crippen LogP contribution is 2.17. The summed E-state index contributed by atoms with van der Waals surface area (Å²) in [5.74, 6) is 0.322. The van der Waals surface area contributed by atoms with Gasteiger partial charge < -0.3 is 5.11 Å². The van der Waals surface area contributed by atoms with E-state index in [1.165, 1.54) is 89.4 Å². The standard InChI is InChI=1S/C16H34P.C6H6O/c1-3-5-7-9-11-13-15-17-16-14-12-10-8-6-4-2;7-6-4-2-1-3-5-6/h3-16H2,1-2H3;1-5,7H. The van der Waals surface area contributed by atoms with E-state index >= 15 is 0 Å². The summed E-state index contributed by atoms with van der Waals surface area (Å²) in [5.41, 5.74) is 0. The molecule has 1 rings (SSSR count). The van der Waals surface area contributed by atoms with E-state index in [0.717, 1.165) is 0 Å². The largest absolute Gasteiger partial charge is 0.508 e. The van der Waals surface area contributed by atoms with Crippen LogP contribution in [0, 0.1) is 0 Å². The first-order valence-corrected chi connectivity index (χ1v) is 11.4. The molecule has 0 fully saturated rings. The number of phenols is 1. The molecule has 0 aliphatic rings. The van der Waals surface area contributed by atoms with E-state index in [4.69, 9.17) is 5.11 Å². The van der Waals surface area contributed by atoms with Gasteiger partial charge in [-0.05, 0) is 37.3 Å². The van der Waals surface area contributed by atoms with Gasteiger partial charge in [-0.15, -0.1) is 0 Å². The molecule has 1 N–H and O–H groups in total. The summed E-state index contributed by atoms with van der Waals surface area (Å²) < 4.78 is 0. The number of phenolic OH excluding ortho intramolecular Hbond substituents is 1. The molecular weight excluding hydrogens is 311 g/mol. The molecule has 0 aliphatic heterocycles. The van der Waals surface area contributed by atoms with E-state index in [0.29, 0.717) is 5.75 Å². The predicted molar refractivity (Wildman–Crippen MR) is 112 cm³/mol. The van der Waals surface area contributed by atoms with Crippen molar-refractivity contribution in [2.45, 2.75) is 90.9 Å². The van der Waals surface area contributed by atoms with E-state index in [2.05, 4.69) is 13.8 Å². The topological polar surface area (TPSA) is 20.2 Å². The molecular formula is C22H40OP. The van der Waals surface area contributed by atoms with Gasteiger partial charge >= 0.3 is 0 Å². The van der Waals surface area contributed by atoms with Gasteiger partial charge in [0.15, 0.2) is 0 Å². The first kappa shape index (κ1) is 23.4. The number of benzene rings is 1. The molecule has 0 heterocycles. The minimum atomic E-state index is 0.322. The molecule has 139 valence electrons. The van der Waals surface area contributed by atoms with Crippen molar-refractivity contribution in [3.63, 3.8) is 0 Å². The van der Waals surface area contributed by atoms with Crippen LogP contribution in [0.15, 0.2) is 30.3 Å². The van der Waals surface area contributed by atoms with E-state index in [9.17, 15) is 0 Å². The SMILES string of the molecule is CCCCCCCC[P]CCCCCCCC.Oc1ccccc1. The molecule has 0 spiro atoms. The van der Waals surface area contributed by atoms with Gasteiger partial charge in [0, 0.05) is 0 Å². The Morgan fingerprint density at radius 2 is 1.04 bits per heavy atom. The van der Waals surface area contributed by atoms with Gasteiger partial charge in [-0.3, -0.25) is 0 Å². The zero-order valence-electron chi connectivity index (χ0n) is 16.2. The lowest BCUT2D eigenvalue weighted by atomic mass is 10.1. The predicted octanol–water partition coefficient (Wildman–Crippen LogP) is 8.05. The van der Waals surface area contributed by atoms with Crippen molar-refractivity contribution in [2.24, 2.45) is 0 Å². The maximum Gasteiger partial charge on any atom is 0.115 e. The summed E-state index contributed by atoms with van der Waals surface area (Å²) in [6, 6.07) is 8.71. The summed E-state index contributed by atoms with van der Waals surface area (Å²) in [4.78, 5) is 0. The molecule has 0 aromatic heterocycles. The smallest absolute Gasteiger partial charge is 0.115 e. The molecule has 0 unspecified atom stereocenters. The van der Waals surface area contributed by atoms with Crippen LogP contribution in [0.3, 0.4) is 0 Å². The zero-order chi connectivity index (χ0) is 17.7. The second-order valence-electron chi connectivity index (χ2n) is 6.54. The molecule has 24 heavy (non-hydrogen) atoms. The van der Waals surface area contributed by atoms with Crippen molar-refractivity contribution in [3.05, 3.63) is 30.3 Å². The van der Waals surface area contributed by atoms with Crippen LogP contribution < -0.4 is 0 Å². The Labute approximate surface area is 153 Å². The summed E-state index contributed by atoms with van der Waals surface area (Å²) in [6.45, 7) is 4.58. The average Bonchev–Trinajstić information content (AvgIpc) is 2.60.